The van der Waals surface area contributed by atoms with Crippen LogP contribution in [0.4, 0.5) is 0 Å². The predicted molar refractivity (Wildman–Crippen MR) is 110 cm³/mol. The number of rotatable bonds is 9. The molecule has 2 unspecified atom stereocenters. The molecule has 2 N–H and O–H groups in total. The summed E-state index contributed by atoms with van der Waals surface area (Å²) >= 11 is 0. The normalized spacial score (nSPS) is 20.0. The molecule has 1 heterocycles. The van der Waals surface area contributed by atoms with Gasteiger partial charge in [0.1, 0.15) is 6.54 Å². The summed E-state index contributed by atoms with van der Waals surface area (Å²) in [6.07, 6.45) is 6.01. The lowest BCUT2D eigenvalue weighted by Gasteiger charge is -2.10. The van der Waals surface area contributed by atoms with Gasteiger partial charge in [-0.15, -0.1) is 24.0 Å². The monoisotopic (exact) mass is 448 g/mol. The van der Waals surface area contributed by atoms with E-state index in [-0.39, 0.29) is 24.0 Å². The lowest BCUT2D eigenvalue weighted by atomic mass is 9.99. The van der Waals surface area contributed by atoms with Crippen molar-refractivity contribution < 1.29 is 4.52 Å². The first-order chi connectivity index (χ1) is 11.2. The molecule has 2 atom stereocenters. The zero-order valence-electron chi connectivity index (χ0n) is 15.5. The van der Waals surface area contributed by atoms with Gasteiger partial charge in [0.25, 0.3) is 0 Å². The van der Waals surface area contributed by atoms with Crippen LogP contribution in [0.3, 0.4) is 0 Å². The number of aromatic nitrogens is 1. The molecule has 0 saturated heterocycles. The first-order valence-corrected chi connectivity index (χ1v) is 9.21. The molecule has 0 radical (unpaired) electrons. The van der Waals surface area contributed by atoms with E-state index in [9.17, 15) is 0 Å². The summed E-state index contributed by atoms with van der Waals surface area (Å²) in [5.74, 6) is 3.03. The average molecular weight is 448 g/mol. The molecule has 2 rings (SSSR count). The van der Waals surface area contributed by atoms with Gasteiger partial charge in [0.15, 0.2) is 11.7 Å². The molecule has 24 heavy (non-hydrogen) atoms. The lowest BCUT2D eigenvalue weighted by Crippen LogP contribution is -2.39. The minimum Gasteiger partial charge on any atom is -0.359 e. The Morgan fingerprint density at radius 2 is 2.08 bits per heavy atom. The molecule has 1 aliphatic rings. The molecule has 1 aliphatic carbocycles. The minimum absolute atomic E-state index is 0. The van der Waals surface area contributed by atoms with E-state index in [1.165, 1.54) is 19.3 Å². The molecular formula is C18H33IN4O. The summed E-state index contributed by atoms with van der Waals surface area (Å²) in [6.45, 7) is 10.1. The largest absolute Gasteiger partial charge is 0.359 e. The SMILES string of the molecule is CCCC1CC1NC(=NCc1cc(C(CC)CC)no1)NCC.I. The number of halogens is 1. The number of hydrogen-bond acceptors (Lipinski definition) is 3. The van der Waals surface area contributed by atoms with Crippen molar-refractivity contribution in [1.82, 2.24) is 15.8 Å². The first kappa shape index (κ1) is 21.3. The van der Waals surface area contributed by atoms with Crippen molar-refractivity contribution in [2.45, 2.75) is 78.3 Å². The van der Waals surface area contributed by atoms with E-state index in [1.54, 1.807) is 0 Å². The van der Waals surface area contributed by atoms with Crippen LogP contribution in [0.25, 0.3) is 0 Å². The van der Waals surface area contributed by atoms with Crippen LogP contribution in [0.1, 0.15) is 77.2 Å². The summed E-state index contributed by atoms with van der Waals surface area (Å²) in [5, 5.41) is 11.0. The molecular weight excluding hydrogens is 415 g/mol. The van der Waals surface area contributed by atoms with Crippen molar-refractivity contribution >= 4 is 29.9 Å². The summed E-state index contributed by atoms with van der Waals surface area (Å²) in [5.41, 5.74) is 1.06. The van der Waals surface area contributed by atoms with Gasteiger partial charge in [0, 0.05) is 24.6 Å². The molecule has 6 heteroatoms. The average Bonchev–Trinajstić information content (AvgIpc) is 3.10. The first-order valence-electron chi connectivity index (χ1n) is 9.21. The van der Waals surface area contributed by atoms with E-state index in [0.717, 1.165) is 42.7 Å². The van der Waals surface area contributed by atoms with Crippen LogP contribution >= 0.6 is 24.0 Å². The zero-order chi connectivity index (χ0) is 16.7. The third-order valence-corrected chi connectivity index (χ3v) is 4.62. The third kappa shape index (κ3) is 6.26. The van der Waals surface area contributed by atoms with Gasteiger partial charge in [0.05, 0.1) is 5.69 Å². The maximum absolute atomic E-state index is 5.45. The van der Waals surface area contributed by atoms with E-state index in [2.05, 4.69) is 54.5 Å². The molecule has 0 aromatic carbocycles. The van der Waals surface area contributed by atoms with Crippen molar-refractivity contribution in [3.8, 4) is 0 Å². The van der Waals surface area contributed by atoms with Crippen molar-refractivity contribution in [2.75, 3.05) is 6.54 Å². The number of hydrogen-bond donors (Lipinski definition) is 2. The second kappa shape index (κ2) is 10.9. The van der Waals surface area contributed by atoms with Crippen LogP contribution in [0.15, 0.2) is 15.6 Å². The second-order valence-corrected chi connectivity index (χ2v) is 6.46. The molecule has 1 saturated carbocycles. The number of nitrogens with one attached hydrogen (secondary N) is 2. The number of nitrogens with zero attached hydrogens (tertiary/aromatic N) is 2. The molecule has 1 fully saturated rings. The van der Waals surface area contributed by atoms with Crippen LogP contribution < -0.4 is 10.6 Å². The van der Waals surface area contributed by atoms with E-state index in [4.69, 9.17) is 4.52 Å². The fourth-order valence-corrected chi connectivity index (χ4v) is 3.07. The zero-order valence-corrected chi connectivity index (χ0v) is 17.8. The van der Waals surface area contributed by atoms with Gasteiger partial charge in [-0.3, -0.25) is 0 Å². The molecule has 1 aromatic heterocycles. The molecule has 0 bridgehead atoms. The maximum atomic E-state index is 5.45. The third-order valence-electron chi connectivity index (χ3n) is 4.62. The number of aliphatic imine (C=N–C) groups is 1. The summed E-state index contributed by atoms with van der Waals surface area (Å²) < 4.78 is 5.45. The van der Waals surface area contributed by atoms with Crippen LogP contribution in [0.5, 0.6) is 0 Å². The van der Waals surface area contributed by atoms with E-state index in [1.807, 2.05) is 0 Å². The Kier molecular flexibility index (Phi) is 9.69. The summed E-state index contributed by atoms with van der Waals surface area (Å²) in [6, 6.07) is 2.64. The van der Waals surface area contributed by atoms with Crippen molar-refractivity contribution in [1.29, 1.82) is 0 Å². The molecule has 0 spiro atoms. The van der Waals surface area contributed by atoms with Gasteiger partial charge >= 0.3 is 0 Å². The van der Waals surface area contributed by atoms with E-state index < -0.39 is 0 Å². The number of guanidine groups is 1. The Morgan fingerprint density at radius 1 is 1.33 bits per heavy atom. The highest BCUT2D eigenvalue weighted by molar-refractivity contribution is 14.0. The molecule has 1 aromatic rings. The van der Waals surface area contributed by atoms with Crippen LogP contribution in [0.2, 0.25) is 0 Å². The van der Waals surface area contributed by atoms with Crippen LogP contribution in [-0.4, -0.2) is 23.7 Å². The van der Waals surface area contributed by atoms with Gasteiger partial charge in [-0.05, 0) is 38.5 Å². The topological polar surface area (TPSA) is 62.5 Å². The highest BCUT2D eigenvalue weighted by Gasteiger charge is 2.36. The van der Waals surface area contributed by atoms with Gasteiger partial charge in [0.2, 0.25) is 0 Å². The van der Waals surface area contributed by atoms with Crippen molar-refractivity contribution in [3.63, 3.8) is 0 Å². The van der Waals surface area contributed by atoms with Crippen molar-refractivity contribution in [2.24, 2.45) is 10.9 Å². The van der Waals surface area contributed by atoms with Crippen LogP contribution in [-0.2, 0) is 6.54 Å². The van der Waals surface area contributed by atoms with Gasteiger partial charge in [-0.2, -0.15) is 0 Å². The lowest BCUT2D eigenvalue weighted by molar-refractivity contribution is 0.372. The molecule has 138 valence electrons. The smallest absolute Gasteiger partial charge is 0.191 e. The second-order valence-electron chi connectivity index (χ2n) is 6.46. The molecule has 5 nitrogen and oxygen atoms in total. The minimum atomic E-state index is 0. The quantitative estimate of drug-likeness (QED) is 0.333. The Balaban J connectivity index is 0.00000288. The van der Waals surface area contributed by atoms with Crippen molar-refractivity contribution in [3.05, 3.63) is 17.5 Å². The predicted octanol–water partition coefficient (Wildman–Crippen LogP) is 4.44. The Bertz CT molecular complexity index is 499. The standard InChI is InChI=1S/C18H32N4O.HI/c1-5-9-14-10-16(14)21-18(19-8-4)20-12-15-11-17(22-23-15)13(6-2)7-3;/h11,13-14,16H,5-10,12H2,1-4H3,(H2,19,20,21);1H. The maximum Gasteiger partial charge on any atom is 0.191 e. The Labute approximate surface area is 163 Å². The molecule has 0 amide bonds. The highest BCUT2D eigenvalue weighted by Crippen LogP contribution is 2.34. The fourth-order valence-electron chi connectivity index (χ4n) is 3.07. The highest BCUT2D eigenvalue weighted by atomic mass is 127. The van der Waals surface area contributed by atoms with Gasteiger partial charge in [-0.1, -0.05) is 32.3 Å². The molecule has 0 aliphatic heterocycles. The van der Waals surface area contributed by atoms with E-state index >= 15 is 0 Å². The van der Waals surface area contributed by atoms with Crippen LogP contribution in [0, 0.1) is 5.92 Å². The van der Waals surface area contributed by atoms with Gasteiger partial charge in [-0.25, -0.2) is 4.99 Å². The Hall–Kier alpha value is -0.790. The fraction of sp³-hybridized carbons (Fsp3) is 0.778. The van der Waals surface area contributed by atoms with Gasteiger partial charge < -0.3 is 15.2 Å². The van der Waals surface area contributed by atoms with E-state index in [0.29, 0.717) is 18.5 Å². The summed E-state index contributed by atoms with van der Waals surface area (Å²) in [7, 11) is 0. The Morgan fingerprint density at radius 3 is 2.71 bits per heavy atom. The summed E-state index contributed by atoms with van der Waals surface area (Å²) in [4.78, 5) is 4.64.